The second-order valence-corrected chi connectivity index (χ2v) is 5.32. The molecule has 0 aromatic rings. The fourth-order valence-corrected chi connectivity index (χ4v) is 3.01. The Morgan fingerprint density at radius 1 is 1.00 bits per heavy atom. The predicted octanol–water partition coefficient (Wildman–Crippen LogP) is 1.84. The summed E-state index contributed by atoms with van der Waals surface area (Å²) in [5, 5.41) is 11.2. The molecule has 3 aliphatic carbocycles. The fraction of sp³-hybridized carbons (Fsp3) is 0.818. The standard InChI is InChI=1S/C11H14F3NO3/c12-11(13,14)7(16)15-10-4-1-9(2-5-10,3-6-10)8(17)18/h1-6H2,(H,15,16)(H,17,18). The number of carbonyl (C=O) groups is 2. The molecule has 0 unspecified atom stereocenters. The molecule has 3 saturated carbocycles. The molecule has 102 valence electrons. The Morgan fingerprint density at radius 3 is 1.78 bits per heavy atom. The number of carboxylic acid groups (broad SMARTS) is 1. The van der Waals surface area contributed by atoms with Gasteiger partial charge in [0.2, 0.25) is 0 Å². The number of nitrogens with one attached hydrogen (secondary N) is 1. The Morgan fingerprint density at radius 2 is 1.44 bits per heavy atom. The molecular weight excluding hydrogens is 251 g/mol. The minimum atomic E-state index is -4.88. The van der Waals surface area contributed by atoms with Crippen molar-refractivity contribution in [1.82, 2.24) is 5.32 Å². The highest BCUT2D eigenvalue weighted by molar-refractivity contribution is 5.82. The van der Waals surface area contributed by atoms with Crippen molar-refractivity contribution in [2.24, 2.45) is 5.41 Å². The quantitative estimate of drug-likeness (QED) is 0.800. The maximum atomic E-state index is 12.2. The number of hydrogen-bond acceptors (Lipinski definition) is 2. The average Bonchev–Trinajstić information content (AvgIpc) is 2.29. The molecule has 0 aromatic heterocycles. The third-order valence-corrected chi connectivity index (χ3v) is 4.34. The summed E-state index contributed by atoms with van der Waals surface area (Å²) in [4.78, 5) is 22.1. The maximum absolute atomic E-state index is 12.2. The topological polar surface area (TPSA) is 66.4 Å². The number of carbonyl (C=O) groups excluding carboxylic acids is 1. The number of aliphatic carboxylic acids is 1. The van der Waals surface area contributed by atoms with Crippen molar-refractivity contribution in [2.45, 2.75) is 50.2 Å². The lowest BCUT2D eigenvalue weighted by Gasteiger charge is -2.51. The average molecular weight is 265 g/mol. The molecule has 7 heteroatoms. The lowest BCUT2D eigenvalue weighted by molar-refractivity contribution is -0.178. The van der Waals surface area contributed by atoms with Gasteiger partial charge in [-0.05, 0) is 38.5 Å². The molecule has 0 heterocycles. The summed E-state index contributed by atoms with van der Waals surface area (Å²) in [6.07, 6.45) is -2.96. The van der Waals surface area contributed by atoms with Crippen LogP contribution in [0.4, 0.5) is 13.2 Å². The number of carboxylic acids is 1. The molecule has 0 aromatic carbocycles. The molecule has 18 heavy (non-hydrogen) atoms. The third-order valence-electron chi connectivity index (χ3n) is 4.34. The van der Waals surface area contributed by atoms with Gasteiger partial charge in [-0.1, -0.05) is 0 Å². The van der Waals surface area contributed by atoms with Crippen LogP contribution >= 0.6 is 0 Å². The van der Waals surface area contributed by atoms with Gasteiger partial charge < -0.3 is 10.4 Å². The Bertz CT molecular complexity index is 367. The van der Waals surface area contributed by atoms with Crippen molar-refractivity contribution in [3.05, 3.63) is 0 Å². The number of alkyl halides is 3. The number of fused-ring (bicyclic) bond motifs is 3. The summed E-state index contributed by atoms with van der Waals surface area (Å²) in [5.74, 6) is -2.80. The van der Waals surface area contributed by atoms with Crippen molar-refractivity contribution < 1.29 is 27.9 Å². The lowest BCUT2D eigenvalue weighted by atomic mass is 9.57. The largest absolute Gasteiger partial charge is 0.481 e. The molecule has 0 spiro atoms. The molecule has 0 saturated heterocycles. The second-order valence-electron chi connectivity index (χ2n) is 5.32. The smallest absolute Gasteiger partial charge is 0.471 e. The third kappa shape index (κ3) is 2.06. The van der Waals surface area contributed by atoms with E-state index in [1.807, 2.05) is 0 Å². The van der Waals surface area contributed by atoms with Crippen LogP contribution in [-0.2, 0) is 9.59 Å². The van der Waals surface area contributed by atoms with Gasteiger partial charge in [0.05, 0.1) is 5.41 Å². The monoisotopic (exact) mass is 265 g/mol. The predicted molar refractivity (Wildman–Crippen MR) is 54.7 cm³/mol. The van der Waals surface area contributed by atoms with Crippen LogP contribution in [0.3, 0.4) is 0 Å². The van der Waals surface area contributed by atoms with Crippen LogP contribution in [0.15, 0.2) is 0 Å². The van der Waals surface area contributed by atoms with Crippen LogP contribution in [0.5, 0.6) is 0 Å². The summed E-state index contributed by atoms with van der Waals surface area (Å²) >= 11 is 0. The lowest BCUT2D eigenvalue weighted by Crippen LogP contribution is -2.60. The van der Waals surface area contributed by atoms with Gasteiger partial charge >= 0.3 is 18.1 Å². The van der Waals surface area contributed by atoms with E-state index in [1.54, 1.807) is 0 Å². The first-order chi connectivity index (χ1) is 8.19. The van der Waals surface area contributed by atoms with Crippen molar-refractivity contribution in [2.75, 3.05) is 0 Å². The molecule has 3 aliphatic rings. The highest BCUT2D eigenvalue weighted by Gasteiger charge is 2.54. The normalized spacial score (nSPS) is 35.3. The Kier molecular flexibility index (Phi) is 2.82. The molecule has 3 fully saturated rings. The summed E-state index contributed by atoms with van der Waals surface area (Å²) in [7, 11) is 0. The van der Waals surface area contributed by atoms with Gasteiger partial charge in [0.1, 0.15) is 0 Å². The van der Waals surface area contributed by atoms with Gasteiger partial charge in [0.15, 0.2) is 0 Å². The van der Waals surface area contributed by atoms with Crippen molar-refractivity contribution in [1.29, 1.82) is 0 Å². The van der Waals surface area contributed by atoms with E-state index in [0.717, 1.165) is 0 Å². The summed E-state index contributed by atoms with van der Waals surface area (Å²) in [5.41, 5.74) is -1.64. The zero-order valence-electron chi connectivity index (χ0n) is 9.64. The maximum Gasteiger partial charge on any atom is 0.471 e. The van der Waals surface area contributed by atoms with Gasteiger partial charge in [0, 0.05) is 5.54 Å². The highest BCUT2D eigenvalue weighted by Crippen LogP contribution is 2.52. The van der Waals surface area contributed by atoms with Gasteiger partial charge in [-0.25, -0.2) is 0 Å². The van der Waals surface area contributed by atoms with Gasteiger partial charge in [-0.3, -0.25) is 9.59 Å². The molecule has 3 rings (SSSR count). The van der Waals surface area contributed by atoms with Crippen LogP contribution in [0.2, 0.25) is 0 Å². The van der Waals surface area contributed by atoms with Crippen molar-refractivity contribution in [3.8, 4) is 0 Å². The minimum absolute atomic E-state index is 0.307. The molecular formula is C11H14F3NO3. The first kappa shape index (κ1) is 13.2. The van der Waals surface area contributed by atoms with E-state index in [1.165, 1.54) is 0 Å². The molecule has 2 bridgehead atoms. The Balaban J connectivity index is 2.06. The number of hydrogen-bond donors (Lipinski definition) is 2. The fourth-order valence-electron chi connectivity index (χ4n) is 3.01. The first-order valence-electron chi connectivity index (χ1n) is 5.82. The van der Waals surface area contributed by atoms with Crippen LogP contribution in [0.25, 0.3) is 0 Å². The van der Waals surface area contributed by atoms with E-state index in [0.29, 0.717) is 38.5 Å². The van der Waals surface area contributed by atoms with Crippen LogP contribution < -0.4 is 5.32 Å². The van der Waals surface area contributed by atoms with E-state index in [-0.39, 0.29) is 0 Å². The zero-order valence-corrected chi connectivity index (χ0v) is 9.64. The summed E-state index contributed by atoms with van der Waals surface area (Å²) in [6, 6.07) is 0. The molecule has 0 atom stereocenters. The molecule has 0 aliphatic heterocycles. The van der Waals surface area contributed by atoms with Crippen LogP contribution in [-0.4, -0.2) is 28.7 Å². The highest BCUT2D eigenvalue weighted by atomic mass is 19.4. The van der Waals surface area contributed by atoms with E-state index in [9.17, 15) is 22.8 Å². The molecule has 4 nitrogen and oxygen atoms in total. The van der Waals surface area contributed by atoms with Gasteiger partial charge in [0.25, 0.3) is 0 Å². The van der Waals surface area contributed by atoms with E-state index in [2.05, 4.69) is 5.32 Å². The molecule has 0 radical (unpaired) electrons. The van der Waals surface area contributed by atoms with Crippen LogP contribution in [0.1, 0.15) is 38.5 Å². The van der Waals surface area contributed by atoms with Gasteiger partial charge in [-0.2, -0.15) is 13.2 Å². The number of halogens is 3. The SMILES string of the molecule is O=C(NC12CCC(C(=O)O)(CC1)CC2)C(F)(F)F. The van der Waals surface area contributed by atoms with Crippen LogP contribution in [0, 0.1) is 5.41 Å². The first-order valence-corrected chi connectivity index (χ1v) is 5.82. The second kappa shape index (κ2) is 3.86. The number of rotatable bonds is 2. The Labute approximate surface area is 102 Å². The molecule has 2 N–H and O–H groups in total. The minimum Gasteiger partial charge on any atom is -0.481 e. The van der Waals surface area contributed by atoms with Crippen molar-refractivity contribution in [3.63, 3.8) is 0 Å². The van der Waals surface area contributed by atoms with Crippen molar-refractivity contribution >= 4 is 11.9 Å². The van der Waals surface area contributed by atoms with E-state index >= 15 is 0 Å². The number of amides is 1. The molecule has 1 amide bonds. The zero-order chi connectivity index (χ0) is 13.6. The van der Waals surface area contributed by atoms with E-state index < -0.39 is 29.0 Å². The van der Waals surface area contributed by atoms with Gasteiger partial charge in [-0.15, -0.1) is 0 Å². The summed E-state index contributed by atoms with van der Waals surface area (Å²) < 4.78 is 36.7. The summed E-state index contributed by atoms with van der Waals surface area (Å²) in [6.45, 7) is 0. The Hall–Kier alpha value is -1.27. The van der Waals surface area contributed by atoms with E-state index in [4.69, 9.17) is 5.11 Å².